The molecule has 0 saturated carbocycles. The van der Waals surface area contributed by atoms with Gasteiger partial charge in [-0.2, -0.15) is 0 Å². The molecule has 0 aliphatic carbocycles. The normalized spacial score (nSPS) is 9.55. The van der Waals surface area contributed by atoms with Crippen molar-refractivity contribution in [1.29, 1.82) is 5.41 Å². The number of amidine groups is 1. The summed E-state index contributed by atoms with van der Waals surface area (Å²) in [4.78, 5) is 4.19. The maximum Gasteiger partial charge on any atom is 0.0966 e. The minimum absolute atomic E-state index is 0.156. The van der Waals surface area contributed by atoms with Gasteiger partial charge in [-0.3, -0.25) is 10.4 Å². The molecule has 3 heteroatoms. The van der Waals surface area contributed by atoms with Gasteiger partial charge in [-0.15, -0.1) is 0 Å². The zero-order valence-electron chi connectivity index (χ0n) is 6.46. The predicted octanol–water partition coefficient (Wildman–Crippen LogP) is 0.868. The number of hydrogen-bond acceptors (Lipinski definition) is 2. The summed E-state index contributed by atoms with van der Waals surface area (Å²) in [5.74, 6) is 0.156. The van der Waals surface area contributed by atoms with Crippen LogP contribution in [0, 0.1) is 12.3 Å². The molecule has 3 N–H and O–H groups in total. The number of hydrogen-bond donors (Lipinski definition) is 2. The van der Waals surface area contributed by atoms with Gasteiger partial charge in [-0.25, -0.2) is 0 Å². The highest BCUT2D eigenvalue weighted by molar-refractivity contribution is 5.78. The van der Waals surface area contributed by atoms with Gasteiger partial charge < -0.3 is 5.73 Å². The van der Waals surface area contributed by atoms with E-state index in [4.69, 9.17) is 11.1 Å². The zero-order chi connectivity index (χ0) is 8.27. The molecule has 1 aromatic heterocycles. The number of nitrogens with two attached hydrogens (primary N) is 1. The largest absolute Gasteiger partial charge is 0.387 e. The molecule has 1 heterocycles. The lowest BCUT2D eigenvalue weighted by molar-refractivity contribution is 1.07. The molecule has 11 heavy (non-hydrogen) atoms. The van der Waals surface area contributed by atoms with E-state index in [2.05, 4.69) is 4.98 Å². The van der Waals surface area contributed by atoms with Crippen molar-refractivity contribution < 1.29 is 0 Å². The molecule has 0 aromatic carbocycles. The number of aryl methyl sites for hydroxylation is 1. The maximum atomic E-state index is 7.04. The number of pyridine rings is 1. The lowest BCUT2D eigenvalue weighted by atomic mass is 10.2. The van der Waals surface area contributed by atoms with Crippen LogP contribution in [0.15, 0.2) is 18.2 Å². The molecule has 0 spiro atoms. The number of nitrogens with one attached hydrogen (secondary N) is 1. The van der Waals surface area contributed by atoms with Crippen molar-refractivity contribution in [2.24, 2.45) is 5.73 Å². The molecule has 0 fully saturated rings. The fourth-order valence-corrected chi connectivity index (χ4v) is 0.893. The van der Waals surface area contributed by atoms with E-state index in [0.717, 1.165) is 11.4 Å². The first-order valence-corrected chi connectivity index (χ1v) is 3.44. The van der Waals surface area contributed by atoms with Crippen molar-refractivity contribution in [2.45, 2.75) is 13.3 Å². The fraction of sp³-hybridized carbons (Fsp3) is 0.250. The van der Waals surface area contributed by atoms with E-state index in [1.165, 1.54) is 0 Å². The van der Waals surface area contributed by atoms with Crippen molar-refractivity contribution in [3.63, 3.8) is 0 Å². The molecular formula is C8H11N3. The second-order valence-electron chi connectivity index (χ2n) is 2.47. The zero-order valence-corrected chi connectivity index (χ0v) is 6.46. The summed E-state index contributed by atoms with van der Waals surface area (Å²) in [7, 11) is 0. The van der Waals surface area contributed by atoms with Gasteiger partial charge in [0.05, 0.1) is 5.84 Å². The van der Waals surface area contributed by atoms with Gasteiger partial charge >= 0.3 is 0 Å². The molecule has 1 aromatic rings. The summed E-state index contributed by atoms with van der Waals surface area (Å²) in [6, 6.07) is 5.71. The molecule has 3 nitrogen and oxygen atoms in total. The molecule has 0 aliphatic rings. The summed E-state index contributed by atoms with van der Waals surface area (Å²) in [5.41, 5.74) is 7.04. The van der Waals surface area contributed by atoms with E-state index in [9.17, 15) is 0 Å². The summed E-state index contributed by atoms with van der Waals surface area (Å²) in [6.07, 6.45) is 0.446. The van der Waals surface area contributed by atoms with E-state index >= 15 is 0 Å². The van der Waals surface area contributed by atoms with Crippen LogP contribution in [-0.4, -0.2) is 10.8 Å². The van der Waals surface area contributed by atoms with Crippen LogP contribution in [0.4, 0.5) is 0 Å². The molecule has 0 amide bonds. The first kappa shape index (κ1) is 7.72. The molecule has 0 aliphatic heterocycles. The third-order valence-corrected chi connectivity index (χ3v) is 1.32. The van der Waals surface area contributed by atoms with Crippen LogP contribution in [0.5, 0.6) is 0 Å². The van der Waals surface area contributed by atoms with Gasteiger partial charge in [-0.1, -0.05) is 6.07 Å². The van der Waals surface area contributed by atoms with Gasteiger partial charge in [0.1, 0.15) is 0 Å². The average molecular weight is 149 g/mol. The Morgan fingerprint density at radius 1 is 1.64 bits per heavy atom. The van der Waals surface area contributed by atoms with Crippen LogP contribution in [0.2, 0.25) is 0 Å². The number of rotatable bonds is 2. The van der Waals surface area contributed by atoms with Crippen LogP contribution < -0.4 is 5.73 Å². The predicted molar refractivity (Wildman–Crippen MR) is 44.6 cm³/mol. The first-order chi connectivity index (χ1) is 5.18. The van der Waals surface area contributed by atoms with Gasteiger partial charge in [0.15, 0.2) is 0 Å². The van der Waals surface area contributed by atoms with Crippen molar-refractivity contribution in [3.8, 4) is 0 Å². The van der Waals surface area contributed by atoms with Crippen LogP contribution in [0.25, 0.3) is 0 Å². The third-order valence-electron chi connectivity index (χ3n) is 1.32. The Labute approximate surface area is 65.8 Å². The van der Waals surface area contributed by atoms with Gasteiger partial charge in [-0.05, 0) is 19.1 Å². The Morgan fingerprint density at radius 3 is 2.91 bits per heavy atom. The molecule has 0 atom stereocenters. The highest BCUT2D eigenvalue weighted by Crippen LogP contribution is 1.97. The van der Waals surface area contributed by atoms with Crippen molar-refractivity contribution in [1.82, 2.24) is 4.98 Å². The summed E-state index contributed by atoms with van der Waals surface area (Å²) >= 11 is 0. The van der Waals surface area contributed by atoms with Crippen molar-refractivity contribution in [2.75, 3.05) is 0 Å². The Bertz CT molecular complexity index is 268. The maximum absolute atomic E-state index is 7.04. The highest BCUT2D eigenvalue weighted by Gasteiger charge is 1.95. The SMILES string of the molecule is Cc1cccc(CC(=N)N)n1. The Hall–Kier alpha value is -1.38. The van der Waals surface area contributed by atoms with Crippen LogP contribution in [0.3, 0.4) is 0 Å². The van der Waals surface area contributed by atoms with E-state index in [0.29, 0.717) is 6.42 Å². The standard InChI is InChI=1S/C8H11N3/c1-6-3-2-4-7(11-6)5-8(9)10/h2-4H,5H2,1H3,(H3,9,10). The Balaban J connectivity index is 2.79. The molecule has 0 bridgehead atoms. The van der Waals surface area contributed by atoms with Crippen molar-refractivity contribution >= 4 is 5.84 Å². The minimum Gasteiger partial charge on any atom is -0.387 e. The topological polar surface area (TPSA) is 62.8 Å². The van der Waals surface area contributed by atoms with Gasteiger partial charge in [0, 0.05) is 17.8 Å². The molecule has 1 rings (SSSR count). The Kier molecular flexibility index (Phi) is 2.21. The highest BCUT2D eigenvalue weighted by atomic mass is 14.7. The lowest BCUT2D eigenvalue weighted by Gasteiger charge is -1.98. The quantitative estimate of drug-likeness (QED) is 0.484. The molecule has 0 unspecified atom stereocenters. The molecular weight excluding hydrogens is 138 g/mol. The number of aromatic nitrogens is 1. The van der Waals surface area contributed by atoms with E-state index < -0.39 is 0 Å². The van der Waals surface area contributed by atoms with Crippen LogP contribution in [0.1, 0.15) is 11.4 Å². The average Bonchev–Trinajstić information content (AvgIpc) is 1.85. The monoisotopic (exact) mass is 149 g/mol. The summed E-state index contributed by atoms with van der Waals surface area (Å²) in [6.45, 7) is 1.92. The van der Waals surface area contributed by atoms with Crippen LogP contribution in [-0.2, 0) is 6.42 Å². The second-order valence-corrected chi connectivity index (χ2v) is 2.47. The molecule has 58 valence electrons. The number of nitrogens with zero attached hydrogens (tertiary/aromatic N) is 1. The molecule has 0 radical (unpaired) electrons. The van der Waals surface area contributed by atoms with E-state index in [-0.39, 0.29) is 5.84 Å². The summed E-state index contributed by atoms with van der Waals surface area (Å²) in [5, 5.41) is 7.04. The minimum atomic E-state index is 0.156. The summed E-state index contributed by atoms with van der Waals surface area (Å²) < 4.78 is 0. The van der Waals surface area contributed by atoms with Crippen molar-refractivity contribution in [3.05, 3.63) is 29.6 Å². The molecule has 0 saturated heterocycles. The third kappa shape index (κ3) is 2.37. The van der Waals surface area contributed by atoms with E-state index in [1.807, 2.05) is 25.1 Å². The van der Waals surface area contributed by atoms with Gasteiger partial charge in [0.2, 0.25) is 0 Å². The Morgan fingerprint density at radius 2 is 2.36 bits per heavy atom. The smallest absolute Gasteiger partial charge is 0.0966 e. The van der Waals surface area contributed by atoms with Crippen LogP contribution >= 0.6 is 0 Å². The van der Waals surface area contributed by atoms with E-state index in [1.54, 1.807) is 0 Å². The lowest BCUT2D eigenvalue weighted by Crippen LogP contribution is -2.13. The second kappa shape index (κ2) is 3.14. The fourth-order valence-electron chi connectivity index (χ4n) is 0.893. The first-order valence-electron chi connectivity index (χ1n) is 3.44. The van der Waals surface area contributed by atoms with Gasteiger partial charge in [0.25, 0.3) is 0 Å².